The molecule has 0 saturated heterocycles. The molecular weight excluding hydrogens is 294 g/mol. The van der Waals surface area contributed by atoms with E-state index in [9.17, 15) is 25.1 Å². The van der Waals surface area contributed by atoms with Gasteiger partial charge in [0.15, 0.2) is 17.3 Å². The predicted molar refractivity (Wildman–Crippen MR) is 72.6 cm³/mol. The normalized spacial score (nSPS) is 15.0. The quantitative estimate of drug-likeness (QED) is 0.371. The average molecular weight is 303 g/mol. The van der Waals surface area contributed by atoms with Crippen molar-refractivity contribution in [2.45, 2.75) is 0 Å². The Morgan fingerprint density at radius 2 is 2.14 bits per heavy atom. The fraction of sp³-hybridized carbons (Fsp3) is 0.0769. The summed E-state index contributed by atoms with van der Waals surface area (Å²) in [6.45, 7) is 0. The van der Waals surface area contributed by atoms with Crippen molar-refractivity contribution in [3.8, 4) is 17.2 Å². The van der Waals surface area contributed by atoms with E-state index >= 15 is 0 Å². The average Bonchev–Trinajstić information content (AvgIpc) is 2.98. The number of aromatic hydroxyl groups is 2. The van der Waals surface area contributed by atoms with Crippen LogP contribution in [0.15, 0.2) is 24.1 Å². The molecule has 22 heavy (non-hydrogen) atoms. The van der Waals surface area contributed by atoms with Crippen LogP contribution in [0, 0.1) is 10.1 Å². The number of carbonyl (C=O) groups is 1. The molecule has 0 amide bonds. The molecule has 0 unspecified atom stereocenters. The van der Waals surface area contributed by atoms with Gasteiger partial charge in [0.2, 0.25) is 17.4 Å². The molecular formula is C13H9N3O6. The van der Waals surface area contributed by atoms with E-state index in [0.717, 1.165) is 6.20 Å². The van der Waals surface area contributed by atoms with Gasteiger partial charge in [-0.05, 0) is 17.1 Å². The number of hydrogen-bond donors (Lipinski definition) is 2. The lowest BCUT2D eigenvalue weighted by Gasteiger charge is -2.02. The van der Waals surface area contributed by atoms with Gasteiger partial charge in [0.25, 0.3) is 0 Å². The molecule has 0 atom stereocenters. The first-order chi connectivity index (χ1) is 10.4. The Labute approximate surface area is 122 Å². The van der Waals surface area contributed by atoms with Crippen LogP contribution in [-0.4, -0.2) is 30.5 Å². The topological polar surface area (TPSA) is 128 Å². The Balaban J connectivity index is 2.03. The molecule has 112 valence electrons. The number of fused-ring (bicyclic) bond motifs is 1. The number of rotatable bonds is 2. The number of allylic oxidation sites excluding steroid dienone is 1. The third-order valence-corrected chi connectivity index (χ3v) is 3.24. The first-order valence-corrected chi connectivity index (χ1v) is 6.05. The highest BCUT2D eigenvalue weighted by Gasteiger charge is 2.32. The highest BCUT2D eigenvalue weighted by molar-refractivity contribution is 6.15. The fourth-order valence-electron chi connectivity index (χ4n) is 2.06. The summed E-state index contributed by atoms with van der Waals surface area (Å²) in [6, 6.07) is 2.48. The lowest BCUT2D eigenvalue weighted by Crippen LogP contribution is -2.02. The molecule has 2 heterocycles. The summed E-state index contributed by atoms with van der Waals surface area (Å²) in [6.07, 6.45) is 2.29. The maximum atomic E-state index is 12.2. The smallest absolute Gasteiger partial charge is 0.342 e. The first-order valence-electron chi connectivity index (χ1n) is 6.05. The van der Waals surface area contributed by atoms with E-state index in [1.165, 1.54) is 29.8 Å². The van der Waals surface area contributed by atoms with Gasteiger partial charge in [-0.2, -0.15) is 0 Å². The third-order valence-electron chi connectivity index (χ3n) is 3.24. The van der Waals surface area contributed by atoms with Crippen molar-refractivity contribution >= 4 is 17.7 Å². The molecule has 0 spiro atoms. The Kier molecular flexibility index (Phi) is 2.84. The molecule has 1 aromatic heterocycles. The second-order valence-electron chi connectivity index (χ2n) is 4.54. The molecule has 0 fully saturated rings. The van der Waals surface area contributed by atoms with Gasteiger partial charge >= 0.3 is 5.82 Å². The number of phenols is 2. The maximum Gasteiger partial charge on any atom is 0.342 e. The number of ketones is 1. The molecule has 0 saturated carbocycles. The summed E-state index contributed by atoms with van der Waals surface area (Å²) in [4.78, 5) is 26.2. The van der Waals surface area contributed by atoms with Crippen LogP contribution in [0.3, 0.4) is 0 Å². The fourth-order valence-corrected chi connectivity index (χ4v) is 2.06. The van der Waals surface area contributed by atoms with Gasteiger partial charge in [-0.25, -0.2) is 9.55 Å². The Bertz CT molecular complexity index is 852. The number of benzene rings is 1. The first kappa shape index (κ1) is 13.6. The summed E-state index contributed by atoms with van der Waals surface area (Å²) < 4.78 is 6.42. The largest absolute Gasteiger partial charge is 0.504 e. The monoisotopic (exact) mass is 303 g/mol. The summed E-state index contributed by atoms with van der Waals surface area (Å²) in [5, 5.41) is 29.9. The van der Waals surface area contributed by atoms with Crippen LogP contribution in [0.4, 0.5) is 5.82 Å². The van der Waals surface area contributed by atoms with Crippen LogP contribution in [0.5, 0.6) is 17.2 Å². The van der Waals surface area contributed by atoms with Crippen LogP contribution < -0.4 is 4.74 Å². The zero-order valence-corrected chi connectivity index (χ0v) is 11.2. The van der Waals surface area contributed by atoms with Gasteiger partial charge in [-0.3, -0.25) is 4.79 Å². The van der Waals surface area contributed by atoms with Crippen LogP contribution >= 0.6 is 0 Å². The van der Waals surface area contributed by atoms with Crippen molar-refractivity contribution in [3.63, 3.8) is 0 Å². The molecule has 0 aliphatic carbocycles. The molecule has 2 N–H and O–H groups in total. The van der Waals surface area contributed by atoms with Crippen LogP contribution in [0.25, 0.3) is 6.08 Å². The van der Waals surface area contributed by atoms with Crippen molar-refractivity contribution in [2.75, 3.05) is 0 Å². The number of aromatic nitrogens is 2. The second kappa shape index (κ2) is 4.58. The van der Waals surface area contributed by atoms with Crippen LogP contribution in [0.1, 0.15) is 16.2 Å². The number of nitrogens with zero attached hydrogens (tertiary/aromatic N) is 3. The highest BCUT2D eigenvalue weighted by atomic mass is 16.6. The molecule has 1 aliphatic heterocycles. The minimum absolute atomic E-state index is 0.0882. The number of ether oxygens (including phenoxy) is 1. The van der Waals surface area contributed by atoms with E-state index in [-0.39, 0.29) is 28.7 Å². The van der Waals surface area contributed by atoms with E-state index in [2.05, 4.69) is 4.98 Å². The number of carbonyl (C=O) groups excluding carboxylic acids is 1. The summed E-state index contributed by atoms with van der Waals surface area (Å²) in [7, 11) is 1.42. The van der Waals surface area contributed by atoms with Crippen LogP contribution in [-0.2, 0) is 7.05 Å². The Morgan fingerprint density at radius 1 is 1.41 bits per heavy atom. The Hall–Kier alpha value is -3.36. The number of imidazole rings is 1. The van der Waals surface area contributed by atoms with E-state index in [1.807, 2.05) is 0 Å². The van der Waals surface area contributed by atoms with E-state index in [1.54, 1.807) is 0 Å². The molecule has 1 aromatic carbocycles. The van der Waals surface area contributed by atoms with Gasteiger partial charge in [0.05, 0.1) is 18.7 Å². The minimum atomic E-state index is -0.606. The zero-order valence-electron chi connectivity index (χ0n) is 11.2. The SMILES string of the molecule is Cn1c([N+](=O)[O-])cnc1/C=C1/Oc2c(ccc(O)c2O)C1=O. The summed E-state index contributed by atoms with van der Waals surface area (Å²) in [5.41, 5.74) is 0.0882. The Morgan fingerprint density at radius 3 is 2.77 bits per heavy atom. The van der Waals surface area contributed by atoms with E-state index < -0.39 is 22.2 Å². The second-order valence-corrected chi connectivity index (χ2v) is 4.54. The van der Waals surface area contributed by atoms with Crippen LogP contribution in [0.2, 0.25) is 0 Å². The molecule has 0 radical (unpaired) electrons. The maximum absolute atomic E-state index is 12.2. The van der Waals surface area contributed by atoms with Crippen molar-refractivity contribution in [3.05, 3.63) is 45.6 Å². The van der Waals surface area contributed by atoms with Gasteiger partial charge in [0.1, 0.15) is 6.20 Å². The van der Waals surface area contributed by atoms with E-state index in [0.29, 0.717) is 0 Å². The molecule has 1 aliphatic rings. The number of hydrogen-bond acceptors (Lipinski definition) is 7. The van der Waals surface area contributed by atoms with Gasteiger partial charge in [0, 0.05) is 0 Å². The lowest BCUT2D eigenvalue weighted by atomic mass is 10.1. The van der Waals surface area contributed by atoms with Crippen molar-refractivity contribution in [1.29, 1.82) is 0 Å². The highest BCUT2D eigenvalue weighted by Crippen LogP contribution is 2.44. The molecule has 9 nitrogen and oxygen atoms in total. The summed E-state index contributed by atoms with van der Waals surface area (Å²) >= 11 is 0. The zero-order chi connectivity index (χ0) is 16.0. The molecule has 2 aromatic rings. The van der Waals surface area contributed by atoms with Gasteiger partial charge < -0.3 is 25.1 Å². The summed E-state index contributed by atoms with van der Waals surface area (Å²) in [5.74, 6) is -1.88. The predicted octanol–water partition coefficient (Wildman–Crippen LogP) is 1.36. The van der Waals surface area contributed by atoms with Gasteiger partial charge in [-0.15, -0.1) is 0 Å². The van der Waals surface area contributed by atoms with Crippen molar-refractivity contribution in [2.24, 2.45) is 7.05 Å². The minimum Gasteiger partial charge on any atom is -0.504 e. The number of Topliss-reactive ketones (excluding diaryl/α,β-unsaturated/α-hetero) is 1. The molecule has 0 bridgehead atoms. The van der Waals surface area contributed by atoms with Crippen molar-refractivity contribution < 1.29 is 24.7 Å². The number of phenolic OH excluding ortho intramolecular Hbond substituents is 2. The lowest BCUT2D eigenvalue weighted by molar-refractivity contribution is -0.391. The van der Waals surface area contributed by atoms with E-state index in [4.69, 9.17) is 4.74 Å². The van der Waals surface area contributed by atoms with Crippen molar-refractivity contribution in [1.82, 2.24) is 9.55 Å². The third kappa shape index (κ3) is 1.87. The molecule has 9 heteroatoms. The molecule has 3 rings (SSSR count). The van der Waals surface area contributed by atoms with Gasteiger partial charge in [-0.1, -0.05) is 0 Å². The standard InChI is InChI=1S/C13H9N3O6/c1-15-9(14-5-10(15)16(20)21)4-8-11(18)6-2-3-7(17)12(19)13(6)22-8/h2-5,17,19H,1H3/b8-4+. The number of nitro groups is 1.